The average molecular weight is 317 g/mol. The SMILES string of the molecule is O=c1[nH]cncc1CN1CCC(COc2ccccc2F)CC1. The van der Waals surface area contributed by atoms with Crippen molar-refractivity contribution in [2.24, 2.45) is 5.92 Å². The fourth-order valence-corrected chi connectivity index (χ4v) is 2.81. The van der Waals surface area contributed by atoms with Crippen LogP contribution in [-0.4, -0.2) is 34.6 Å². The Morgan fingerprint density at radius 1 is 1.30 bits per heavy atom. The average Bonchev–Trinajstić information content (AvgIpc) is 2.57. The minimum Gasteiger partial charge on any atom is -0.490 e. The second-order valence-electron chi connectivity index (χ2n) is 5.87. The highest BCUT2D eigenvalue weighted by molar-refractivity contribution is 5.23. The molecule has 0 radical (unpaired) electrons. The zero-order chi connectivity index (χ0) is 16.1. The summed E-state index contributed by atoms with van der Waals surface area (Å²) in [6.45, 7) is 2.95. The van der Waals surface area contributed by atoms with Gasteiger partial charge in [-0.15, -0.1) is 0 Å². The van der Waals surface area contributed by atoms with Crippen molar-refractivity contribution >= 4 is 0 Å². The summed E-state index contributed by atoms with van der Waals surface area (Å²) in [5.74, 6) is 0.413. The van der Waals surface area contributed by atoms with Crippen LogP contribution < -0.4 is 10.3 Å². The minimum atomic E-state index is -0.319. The Kier molecular flexibility index (Phi) is 5.02. The molecule has 1 fully saturated rings. The quantitative estimate of drug-likeness (QED) is 0.918. The largest absolute Gasteiger partial charge is 0.490 e. The predicted octanol–water partition coefficient (Wildman–Crippen LogP) is 2.20. The lowest BCUT2D eigenvalue weighted by atomic mass is 9.97. The molecule has 3 rings (SSSR count). The van der Waals surface area contributed by atoms with Gasteiger partial charge >= 0.3 is 0 Å². The third kappa shape index (κ3) is 4.16. The van der Waals surface area contributed by atoms with Gasteiger partial charge in [-0.3, -0.25) is 9.69 Å². The minimum absolute atomic E-state index is 0.0787. The Hall–Kier alpha value is -2.21. The Labute approximate surface area is 134 Å². The summed E-state index contributed by atoms with van der Waals surface area (Å²) in [5.41, 5.74) is 0.610. The molecule has 1 aliphatic heterocycles. The van der Waals surface area contributed by atoms with Crippen LogP contribution in [-0.2, 0) is 6.54 Å². The van der Waals surface area contributed by atoms with Crippen molar-refractivity contribution in [3.05, 3.63) is 58.5 Å². The number of nitrogens with zero attached hydrogens (tertiary/aromatic N) is 2. The predicted molar refractivity (Wildman–Crippen MR) is 84.8 cm³/mol. The van der Waals surface area contributed by atoms with E-state index in [0.717, 1.165) is 25.9 Å². The number of nitrogens with one attached hydrogen (secondary N) is 1. The molecule has 0 unspecified atom stereocenters. The number of likely N-dealkylation sites (tertiary alicyclic amines) is 1. The second-order valence-corrected chi connectivity index (χ2v) is 5.87. The molecular weight excluding hydrogens is 297 g/mol. The number of hydrogen-bond acceptors (Lipinski definition) is 4. The summed E-state index contributed by atoms with van der Waals surface area (Å²) in [4.78, 5) is 20.5. The van der Waals surface area contributed by atoms with E-state index in [0.29, 0.717) is 30.4 Å². The maximum atomic E-state index is 13.5. The molecule has 1 N–H and O–H groups in total. The number of piperidine rings is 1. The third-order valence-corrected chi connectivity index (χ3v) is 4.20. The van der Waals surface area contributed by atoms with Gasteiger partial charge in [-0.1, -0.05) is 12.1 Å². The number of aromatic amines is 1. The highest BCUT2D eigenvalue weighted by atomic mass is 19.1. The van der Waals surface area contributed by atoms with Gasteiger partial charge in [0.2, 0.25) is 0 Å². The van der Waals surface area contributed by atoms with E-state index in [-0.39, 0.29) is 11.4 Å². The first kappa shape index (κ1) is 15.7. The van der Waals surface area contributed by atoms with Crippen molar-refractivity contribution in [3.63, 3.8) is 0 Å². The first-order valence-electron chi connectivity index (χ1n) is 7.83. The Morgan fingerprint density at radius 3 is 2.83 bits per heavy atom. The Balaban J connectivity index is 1.46. The van der Waals surface area contributed by atoms with Crippen LogP contribution in [0.25, 0.3) is 0 Å². The van der Waals surface area contributed by atoms with Crippen LogP contribution in [0.1, 0.15) is 18.4 Å². The summed E-state index contributed by atoms with van der Waals surface area (Å²) in [6, 6.07) is 6.48. The second kappa shape index (κ2) is 7.37. The fourth-order valence-electron chi connectivity index (χ4n) is 2.81. The molecular formula is C17H20FN3O2. The number of para-hydroxylation sites is 1. The zero-order valence-corrected chi connectivity index (χ0v) is 12.9. The third-order valence-electron chi connectivity index (χ3n) is 4.20. The van der Waals surface area contributed by atoms with Gasteiger partial charge in [-0.25, -0.2) is 9.37 Å². The molecule has 0 atom stereocenters. The summed E-state index contributed by atoms with van der Waals surface area (Å²) in [7, 11) is 0. The summed E-state index contributed by atoms with van der Waals surface area (Å²) in [5, 5.41) is 0. The van der Waals surface area contributed by atoms with Crippen LogP contribution in [0.2, 0.25) is 0 Å². The molecule has 2 aromatic rings. The molecule has 1 aromatic carbocycles. The number of rotatable bonds is 5. The van der Waals surface area contributed by atoms with Crippen LogP contribution >= 0.6 is 0 Å². The summed E-state index contributed by atoms with van der Waals surface area (Å²) in [6.07, 6.45) is 4.98. The molecule has 6 heteroatoms. The molecule has 0 bridgehead atoms. The van der Waals surface area contributed by atoms with Crippen LogP contribution in [0, 0.1) is 11.7 Å². The lowest BCUT2D eigenvalue weighted by Gasteiger charge is -2.31. The number of aromatic nitrogens is 2. The van der Waals surface area contributed by atoms with Crippen molar-refractivity contribution in [1.29, 1.82) is 0 Å². The molecule has 1 aliphatic rings. The molecule has 1 saturated heterocycles. The molecule has 0 aliphatic carbocycles. The van der Waals surface area contributed by atoms with E-state index in [1.54, 1.807) is 24.4 Å². The monoisotopic (exact) mass is 317 g/mol. The van der Waals surface area contributed by atoms with Gasteiger partial charge in [0, 0.05) is 18.3 Å². The van der Waals surface area contributed by atoms with Crippen molar-refractivity contribution in [2.75, 3.05) is 19.7 Å². The number of halogens is 1. The van der Waals surface area contributed by atoms with Crippen molar-refractivity contribution in [3.8, 4) is 5.75 Å². The van der Waals surface area contributed by atoms with Gasteiger partial charge in [-0.2, -0.15) is 0 Å². The molecule has 2 heterocycles. The summed E-state index contributed by atoms with van der Waals surface area (Å²) >= 11 is 0. The Bertz CT molecular complexity index is 696. The molecule has 0 amide bonds. The van der Waals surface area contributed by atoms with Gasteiger partial charge in [0.25, 0.3) is 5.56 Å². The first-order valence-corrected chi connectivity index (χ1v) is 7.83. The van der Waals surface area contributed by atoms with Gasteiger partial charge < -0.3 is 9.72 Å². The highest BCUT2D eigenvalue weighted by Gasteiger charge is 2.20. The maximum Gasteiger partial charge on any atom is 0.255 e. The standard InChI is InChI=1S/C17H20FN3O2/c18-15-3-1-2-4-16(15)23-11-13-5-7-21(8-6-13)10-14-9-19-12-20-17(14)22/h1-4,9,12-13H,5-8,10-11H2,(H,19,20,22). The normalized spacial score (nSPS) is 16.4. The van der Waals surface area contributed by atoms with E-state index < -0.39 is 0 Å². The number of ether oxygens (including phenoxy) is 1. The maximum absolute atomic E-state index is 13.5. The topological polar surface area (TPSA) is 58.2 Å². The van der Waals surface area contributed by atoms with Crippen LogP contribution in [0.5, 0.6) is 5.75 Å². The fraction of sp³-hybridized carbons (Fsp3) is 0.412. The molecule has 1 aromatic heterocycles. The van der Waals surface area contributed by atoms with Crippen molar-refractivity contribution in [1.82, 2.24) is 14.9 Å². The molecule has 122 valence electrons. The number of H-pyrrole nitrogens is 1. The molecule has 23 heavy (non-hydrogen) atoms. The van der Waals surface area contributed by atoms with E-state index in [1.165, 1.54) is 12.4 Å². The zero-order valence-electron chi connectivity index (χ0n) is 12.9. The lowest BCUT2D eigenvalue weighted by Crippen LogP contribution is -2.36. The van der Waals surface area contributed by atoms with E-state index >= 15 is 0 Å². The van der Waals surface area contributed by atoms with E-state index in [1.807, 2.05) is 0 Å². The Morgan fingerprint density at radius 2 is 2.09 bits per heavy atom. The number of benzene rings is 1. The van der Waals surface area contributed by atoms with Crippen molar-refractivity contribution in [2.45, 2.75) is 19.4 Å². The number of hydrogen-bond donors (Lipinski definition) is 1. The van der Waals surface area contributed by atoms with Crippen LogP contribution in [0.4, 0.5) is 4.39 Å². The van der Waals surface area contributed by atoms with Crippen LogP contribution in [0.15, 0.2) is 41.6 Å². The van der Waals surface area contributed by atoms with Gasteiger partial charge in [0.05, 0.1) is 12.9 Å². The van der Waals surface area contributed by atoms with E-state index in [2.05, 4.69) is 14.9 Å². The smallest absolute Gasteiger partial charge is 0.255 e. The van der Waals surface area contributed by atoms with Gasteiger partial charge in [0.1, 0.15) is 0 Å². The highest BCUT2D eigenvalue weighted by Crippen LogP contribution is 2.21. The van der Waals surface area contributed by atoms with Crippen molar-refractivity contribution < 1.29 is 9.13 Å². The molecule has 0 spiro atoms. The molecule has 0 saturated carbocycles. The van der Waals surface area contributed by atoms with Crippen LogP contribution in [0.3, 0.4) is 0 Å². The van der Waals surface area contributed by atoms with Gasteiger partial charge in [0.15, 0.2) is 11.6 Å². The summed E-state index contributed by atoms with van der Waals surface area (Å²) < 4.78 is 19.1. The molecule has 5 nitrogen and oxygen atoms in total. The van der Waals surface area contributed by atoms with E-state index in [4.69, 9.17) is 4.74 Å². The van der Waals surface area contributed by atoms with E-state index in [9.17, 15) is 9.18 Å². The lowest BCUT2D eigenvalue weighted by molar-refractivity contribution is 0.134. The first-order chi connectivity index (χ1) is 11.2. The van der Waals surface area contributed by atoms with Gasteiger partial charge in [-0.05, 0) is 44.0 Å².